The van der Waals surface area contributed by atoms with Crippen molar-refractivity contribution < 1.29 is 0 Å². The number of allylic oxidation sites excluding steroid dienone is 2. The molecule has 4 heteroatoms. The highest BCUT2D eigenvalue weighted by atomic mass is 35.5. The van der Waals surface area contributed by atoms with Crippen LogP contribution in [0, 0.1) is 23.2 Å². The SMILES string of the molecule is CC(C)[C@H](CN1CCC(C2C=CC(Cl)CC2)C(C)(C)C1)NCCN. The first-order valence-electron chi connectivity index (χ1n) is 9.81. The minimum atomic E-state index is 0.255. The summed E-state index contributed by atoms with van der Waals surface area (Å²) in [6.45, 7) is 14.7. The van der Waals surface area contributed by atoms with Gasteiger partial charge in [0.05, 0.1) is 5.38 Å². The molecule has 1 fully saturated rings. The monoisotopic (exact) mass is 355 g/mol. The molecule has 140 valence electrons. The number of rotatable bonds is 7. The lowest BCUT2D eigenvalue weighted by atomic mass is 9.65. The van der Waals surface area contributed by atoms with Crippen LogP contribution in [0.15, 0.2) is 12.2 Å². The summed E-state index contributed by atoms with van der Waals surface area (Å²) in [5.41, 5.74) is 6.03. The van der Waals surface area contributed by atoms with Crippen LogP contribution in [0.2, 0.25) is 0 Å². The van der Waals surface area contributed by atoms with Gasteiger partial charge in [0, 0.05) is 32.2 Å². The molecular formula is C20H38ClN3. The predicted molar refractivity (Wildman–Crippen MR) is 106 cm³/mol. The fourth-order valence-electron chi connectivity index (χ4n) is 4.64. The molecule has 4 atom stereocenters. The van der Waals surface area contributed by atoms with Crippen molar-refractivity contribution in [2.75, 3.05) is 32.7 Å². The van der Waals surface area contributed by atoms with Crippen LogP contribution in [0.4, 0.5) is 0 Å². The topological polar surface area (TPSA) is 41.3 Å². The van der Waals surface area contributed by atoms with E-state index >= 15 is 0 Å². The number of halogens is 1. The molecule has 2 aliphatic rings. The normalized spacial score (nSPS) is 32.2. The summed E-state index contributed by atoms with van der Waals surface area (Å²) in [6.07, 6.45) is 8.33. The van der Waals surface area contributed by atoms with Crippen molar-refractivity contribution >= 4 is 11.6 Å². The van der Waals surface area contributed by atoms with Crippen molar-refractivity contribution in [2.24, 2.45) is 28.9 Å². The highest BCUT2D eigenvalue weighted by Gasteiger charge is 2.40. The molecule has 0 radical (unpaired) electrons. The van der Waals surface area contributed by atoms with Crippen LogP contribution in [0.1, 0.15) is 47.0 Å². The zero-order chi connectivity index (χ0) is 17.7. The van der Waals surface area contributed by atoms with E-state index in [1.807, 2.05) is 0 Å². The molecule has 24 heavy (non-hydrogen) atoms. The molecule has 0 saturated carbocycles. The van der Waals surface area contributed by atoms with Gasteiger partial charge in [-0.1, -0.05) is 39.8 Å². The van der Waals surface area contributed by atoms with Gasteiger partial charge < -0.3 is 16.0 Å². The van der Waals surface area contributed by atoms with Crippen LogP contribution >= 0.6 is 11.6 Å². The quantitative estimate of drug-likeness (QED) is 0.542. The molecule has 1 aliphatic carbocycles. The summed E-state index contributed by atoms with van der Waals surface area (Å²) >= 11 is 6.23. The Kier molecular flexibility index (Phi) is 7.60. The van der Waals surface area contributed by atoms with Gasteiger partial charge in [0.25, 0.3) is 0 Å². The first-order valence-corrected chi connectivity index (χ1v) is 10.3. The first-order chi connectivity index (χ1) is 11.3. The second-order valence-corrected chi connectivity index (χ2v) is 9.41. The zero-order valence-corrected chi connectivity index (χ0v) is 16.9. The largest absolute Gasteiger partial charge is 0.329 e. The Hall–Kier alpha value is -0.0900. The van der Waals surface area contributed by atoms with Gasteiger partial charge in [-0.3, -0.25) is 0 Å². The smallest absolute Gasteiger partial charge is 0.0516 e. The van der Waals surface area contributed by atoms with E-state index in [2.05, 4.69) is 50.1 Å². The minimum absolute atomic E-state index is 0.255. The summed E-state index contributed by atoms with van der Waals surface area (Å²) in [7, 11) is 0. The molecular weight excluding hydrogens is 318 g/mol. The number of nitrogens with zero attached hydrogens (tertiary/aromatic N) is 1. The average molecular weight is 356 g/mol. The number of alkyl halides is 1. The summed E-state index contributed by atoms with van der Waals surface area (Å²) in [5.74, 6) is 2.14. The van der Waals surface area contributed by atoms with Crippen molar-refractivity contribution in [2.45, 2.75) is 58.4 Å². The Morgan fingerprint density at radius 2 is 2.00 bits per heavy atom. The molecule has 0 aromatic heterocycles. The van der Waals surface area contributed by atoms with Gasteiger partial charge in [0.1, 0.15) is 0 Å². The fourth-order valence-corrected chi connectivity index (χ4v) is 4.85. The van der Waals surface area contributed by atoms with E-state index in [0.717, 1.165) is 25.4 Å². The van der Waals surface area contributed by atoms with E-state index in [1.54, 1.807) is 0 Å². The lowest BCUT2D eigenvalue weighted by Gasteiger charge is -2.48. The van der Waals surface area contributed by atoms with E-state index < -0.39 is 0 Å². The summed E-state index contributed by atoms with van der Waals surface area (Å²) in [4.78, 5) is 2.67. The molecule has 0 aromatic carbocycles. The molecule has 0 spiro atoms. The average Bonchev–Trinajstić information content (AvgIpc) is 2.51. The third-order valence-electron chi connectivity index (χ3n) is 6.06. The van der Waals surface area contributed by atoms with Gasteiger partial charge in [-0.15, -0.1) is 11.6 Å². The van der Waals surface area contributed by atoms with E-state index in [1.165, 1.54) is 25.9 Å². The molecule has 3 N–H and O–H groups in total. The highest BCUT2D eigenvalue weighted by Crippen LogP contribution is 2.43. The van der Waals surface area contributed by atoms with Crippen LogP contribution in [0.3, 0.4) is 0 Å². The molecule has 0 bridgehead atoms. The van der Waals surface area contributed by atoms with Crippen LogP contribution < -0.4 is 11.1 Å². The van der Waals surface area contributed by atoms with Crippen LogP contribution in [-0.4, -0.2) is 49.0 Å². The number of hydrogen-bond donors (Lipinski definition) is 2. The molecule has 3 unspecified atom stereocenters. The number of nitrogens with two attached hydrogens (primary N) is 1. The Morgan fingerprint density at radius 1 is 1.25 bits per heavy atom. The zero-order valence-electron chi connectivity index (χ0n) is 16.1. The lowest BCUT2D eigenvalue weighted by Crippen LogP contribution is -2.53. The van der Waals surface area contributed by atoms with Crippen molar-refractivity contribution in [1.29, 1.82) is 0 Å². The maximum absolute atomic E-state index is 6.23. The number of piperidine rings is 1. The lowest BCUT2D eigenvalue weighted by molar-refractivity contribution is 0.0221. The van der Waals surface area contributed by atoms with Gasteiger partial charge in [-0.2, -0.15) is 0 Å². The maximum Gasteiger partial charge on any atom is 0.0516 e. The number of hydrogen-bond acceptors (Lipinski definition) is 3. The maximum atomic E-state index is 6.23. The third-order valence-corrected chi connectivity index (χ3v) is 6.43. The van der Waals surface area contributed by atoms with Crippen molar-refractivity contribution in [1.82, 2.24) is 10.2 Å². The summed E-state index contributed by atoms with van der Waals surface area (Å²) < 4.78 is 0. The van der Waals surface area contributed by atoms with Gasteiger partial charge >= 0.3 is 0 Å². The summed E-state index contributed by atoms with van der Waals surface area (Å²) in [6, 6.07) is 0.535. The first kappa shape index (κ1) is 20.2. The van der Waals surface area contributed by atoms with E-state index in [0.29, 0.717) is 29.8 Å². The van der Waals surface area contributed by atoms with Gasteiger partial charge in [0.2, 0.25) is 0 Å². The van der Waals surface area contributed by atoms with E-state index in [-0.39, 0.29) is 5.38 Å². The van der Waals surface area contributed by atoms with Crippen molar-refractivity contribution in [3.8, 4) is 0 Å². The number of likely N-dealkylation sites (tertiary alicyclic amines) is 1. The minimum Gasteiger partial charge on any atom is -0.329 e. The Morgan fingerprint density at radius 3 is 2.54 bits per heavy atom. The van der Waals surface area contributed by atoms with Crippen molar-refractivity contribution in [3.63, 3.8) is 0 Å². The molecule has 1 heterocycles. The molecule has 0 amide bonds. The van der Waals surface area contributed by atoms with E-state index in [9.17, 15) is 0 Å². The van der Waals surface area contributed by atoms with Crippen molar-refractivity contribution in [3.05, 3.63) is 12.2 Å². The molecule has 1 aliphatic heterocycles. The fraction of sp³-hybridized carbons (Fsp3) is 0.900. The van der Waals surface area contributed by atoms with Crippen LogP contribution in [0.25, 0.3) is 0 Å². The second kappa shape index (κ2) is 9.02. The standard InChI is InChI=1S/C20H38ClN3/c1-15(2)19(23-11-10-22)13-24-12-9-18(20(3,4)14-24)16-5-7-17(21)8-6-16/h5,7,15-19,23H,6,8-14,22H2,1-4H3/t16?,17?,18?,19-/m0/s1. The number of nitrogens with one attached hydrogen (secondary N) is 1. The Labute approximate surface area is 154 Å². The van der Waals surface area contributed by atoms with Gasteiger partial charge in [0.15, 0.2) is 0 Å². The van der Waals surface area contributed by atoms with Gasteiger partial charge in [-0.05, 0) is 49.0 Å². The molecule has 2 rings (SSSR count). The third kappa shape index (κ3) is 5.45. The molecule has 3 nitrogen and oxygen atoms in total. The van der Waals surface area contributed by atoms with Crippen LogP contribution in [0.5, 0.6) is 0 Å². The molecule has 0 aromatic rings. The second-order valence-electron chi connectivity index (χ2n) is 8.85. The van der Waals surface area contributed by atoms with Crippen LogP contribution in [-0.2, 0) is 0 Å². The predicted octanol–water partition coefficient (Wildman–Crippen LogP) is 3.48. The van der Waals surface area contributed by atoms with Gasteiger partial charge in [-0.25, -0.2) is 0 Å². The van der Waals surface area contributed by atoms with E-state index in [4.69, 9.17) is 17.3 Å². The molecule has 1 saturated heterocycles. The summed E-state index contributed by atoms with van der Waals surface area (Å²) in [5, 5.41) is 3.88. The Balaban J connectivity index is 1.93. The highest BCUT2D eigenvalue weighted by molar-refractivity contribution is 6.21. The Bertz CT molecular complexity index is 408.